The third kappa shape index (κ3) is 4.28. The van der Waals surface area contributed by atoms with Crippen molar-refractivity contribution in [3.8, 4) is 17.1 Å². The topological polar surface area (TPSA) is 115 Å². The number of furan rings is 1. The van der Waals surface area contributed by atoms with E-state index in [0.717, 1.165) is 5.56 Å². The Bertz CT molecular complexity index is 1400. The van der Waals surface area contributed by atoms with Crippen molar-refractivity contribution in [3.05, 3.63) is 80.6 Å². The zero-order valence-electron chi connectivity index (χ0n) is 17.8. The number of thiocarbonyl (C=S) groups is 1. The average molecular weight is 498 g/mol. The van der Waals surface area contributed by atoms with Gasteiger partial charge < -0.3 is 9.15 Å². The number of hydrogen-bond donors (Lipinski definition) is 1. The molecule has 0 atom stereocenters. The molecule has 1 aliphatic heterocycles. The van der Waals surface area contributed by atoms with Crippen LogP contribution in [0.3, 0.4) is 0 Å². The van der Waals surface area contributed by atoms with Crippen LogP contribution in [-0.4, -0.2) is 29.0 Å². The van der Waals surface area contributed by atoms with Crippen LogP contribution in [0, 0.1) is 17.0 Å². The molecule has 0 aliphatic carbocycles. The SMILES string of the molecule is COc1cc([N+](=O)[O-])ccc1-c1ccc(/C=C2\C(=O)NC(=S)N(c3ccc(C)c(Cl)c3)C2=O)o1. The van der Waals surface area contributed by atoms with Gasteiger partial charge in [-0.2, -0.15) is 0 Å². The second-order valence-electron chi connectivity index (χ2n) is 7.24. The summed E-state index contributed by atoms with van der Waals surface area (Å²) < 4.78 is 11.0. The van der Waals surface area contributed by atoms with Crippen LogP contribution in [0.5, 0.6) is 5.75 Å². The molecule has 11 heteroatoms. The van der Waals surface area contributed by atoms with Gasteiger partial charge in [0.05, 0.1) is 29.4 Å². The number of nitrogens with zero attached hydrogens (tertiary/aromatic N) is 2. The number of halogens is 1. The van der Waals surface area contributed by atoms with Gasteiger partial charge in [0.15, 0.2) is 5.11 Å². The largest absolute Gasteiger partial charge is 0.496 e. The van der Waals surface area contributed by atoms with Crippen LogP contribution < -0.4 is 15.0 Å². The minimum absolute atomic E-state index is 0.0668. The molecule has 34 heavy (non-hydrogen) atoms. The first-order valence-corrected chi connectivity index (χ1v) is 10.6. The summed E-state index contributed by atoms with van der Waals surface area (Å²) in [5, 5.41) is 13.9. The molecule has 0 saturated carbocycles. The highest BCUT2D eigenvalue weighted by Crippen LogP contribution is 2.35. The van der Waals surface area contributed by atoms with Gasteiger partial charge in [0.2, 0.25) is 0 Å². The quantitative estimate of drug-likeness (QED) is 0.179. The normalized spacial score (nSPS) is 15.0. The number of amides is 2. The molecule has 1 fully saturated rings. The van der Waals surface area contributed by atoms with Crippen molar-refractivity contribution in [1.29, 1.82) is 0 Å². The first kappa shape index (κ1) is 23.1. The van der Waals surface area contributed by atoms with Crippen molar-refractivity contribution < 1.29 is 23.7 Å². The van der Waals surface area contributed by atoms with Gasteiger partial charge in [-0.05, 0) is 61.1 Å². The van der Waals surface area contributed by atoms with E-state index in [2.05, 4.69) is 5.32 Å². The van der Waals surface area contributed by atoms with E-state index < -0.39 is 16.7 Å². The molecular weight excluding hydrogens is 482 g/mol. The van der Waals surface area contributed by atoms with Crippen LogP contribution in [0.2, 0.25) is 5.02 Å². The molecule has 172 valence electrons. The average Bonchev–Trinajstić information content (AvgIpc) is 3.26. The van der Waals surface area contributed by atoms with Crippen LogP contribution >= 0.6 is 23.8 Å². The predicted molar refractivity (Wildman–Crippen MR) is 130 cm³/mol. The van der Waals surface area contributed by atoms with Gasteiger partial charge in [-0.1, -0.05) is 17.7 Å². The number of carbonyl (C=O) groups excluding carboxylic acids is 2. The summed E-state index contributed by atoms with van der Waals surface area (Å²) in [6, 6.07) is 12.2. The Balaban J connectivity index is 1.68. The molecule has 9 nitrogen and oxygen atoms in total. The van der Waals surface area contributed by atoms with Crippen molar-refractivity contribution >= 4 is 58.2 Å². The Hall–Kier alpha value is -4.02. The Morgan fingerprint density at radius 3 is 2.62 bits per heavy atom. The van der Waals surface area contributed by atoms with Crippen molar-refractivity contribution in [1.82, 2.24) is 5.32 Å². The molecule has 1 N–H and O–H groups in total. The minimum Gasteiger partial charge on any atom is -0.496 e. The maximum Gasteiger partial charge on any atom is 0.273 e. The summed E-state index contributed by atoms with van der Waals surface area (Å²) in [5.41, 5.74) is 1.38. The molecule has 2 amide bonds. The maximum absolute atomic E-state index is 13.2. The number of methoxy groups -OCH3 is 1. The third-order valence-corrected chi connectivity index (χ3v) is 5.78. The number of anilines is 1. The third-order valence-electron chi connectivity index (χ3n) is 5.09. The summed E-state index contributed by atoms with van der Waals surface area (Å²) in [6.45, 7) is 1.82. The van der Waals surface area contributed by atoms with E-state index in [1.165, 1.54) is 36.3 Å². The summed E-state index contributed by atoms with van der Waals surface area (Å²) >= 11 is 11.4. The van der Waals surface area contributed by atoms with E-state index in [1.807, 2.05) is 6.92 Å². The standard InChI is InChI=1S/C23H16ClN3O6S/c1-12-3-4-13(9-18(12)24)26-22(29)17(21(28)25-23(26)34)11-15-6-8-19(33-15)16-7-5-14(27(30)31)10-20(16)32-2/h3-11H,1-2H3,(H,25,28,34)/b17-11+. The number of ether oxygens (including phenoxy) is 1. The number of carbonyl (C=O) groups is 2. The van der Waals surface area contributed by atoms with E-state index >= 15 is 0 Å². The Kier molecular flexibility index (Phi) is 6.18. The maximum atomic E-state index is 13.2. The Labute approximate surface area is 203 Å². The molecule has 0 bridgehead atoms. The van der Waals surface area contributed by atoms with Gasteiger partial charge in [0.1, 0.15) is 22.8 Å². The number of hydrogen-bond acceptors (Lipinski definition) is 7. The Morgan fingerprint density at radius 1 is 1.18 bits per heavy atom. The lowest BCUT2D eigenvalue weighted by Gasteiger charge is -2.29. The number of rotatable bonds is 5. The molecule has 0 spiro atoms. The number of benzene rings is 2. The zero-order valence-corrected chi connectivity index (χ0v) is 19.4. The van der Waals surface area contributed by atoms with E-state index in [4.69, 9.17) is 33.0 Å². The molecule has 0 unspecified atom stereocenters. The number of aryl methyl sites for hydroxylation is 1. The monoisotopic (exact) mass is 497 g/mol. The molecule has 3 aromatic rings. The fourth-order valence-corrected chi connectivity index (χ4v) is 3.78. The fraction of sp³-hybridized carbons (Fsp3) is 0.0870. The molecule has 1 saturated heterocycles. The molecule has 2 heterocycles. The van der Waals surface area contributed by atoms with E-state index in [9.17, 15) is 19.7 Å². The first-order chi connectivity index (χ1) is 16.2. The van der Waals surface area contributed by atoms with Gasteiger partial charge >= 0.3 is 0 Å². The van der Waals surface area contributed by atoms with Crippen LogP contribution in [0.15, 0.2) is 58.5 Å². The van der Waals surface area contributed by atoms with Crippen LogP contribution in [0.4, 0.5) is 11.4 Å². The van der Waals surface area contributed by atoms with Crippen LogP contribution in [0.25, 0.3) is 17.4 Å². The van der Waals surface area contributed by atoms with Crippen molar-refractivity contribution in [2.24, 2.45) is 0 Å². The van der Waals surface area contributed by atoms with Gasteiger partial charge in [0.25, 0.3) is 17.5 Å². The lowest BCUT2D eigenvalue weighted by atomic mass is 10.1. The summed E-state index contributed by atoms with van der Waals surface area (Å²) in [6.07, 6.45) is 1.30. The molecular formula is C23H16ClN3O6S. The minimum atomic E-state index is -0.671. The summed E-state index contributed by atoms with van der Waals surface area (Å²) in [7, 11) is 1.38. The number of nitro benzene ring substituents is 1. The summed E-state index contributed by atoms with van der Waals surface area (Å²) in [4.78, 5) is 37.4. The van der Waals surface area contributed by atoms with Gasteiger partial charge in [0, 0.05) is 11.1 Å². The number of nitrogens with one attached hydrogen (secondary N) is 1. The highest BCUT2D eigenvalue weighted by Gasteiger charge is 2.35. The first-order valence-electron chi connectivity index (χ1n) is 9.80. The second-order valence-corrected chi connectivity index (χ2v) is 8.03. The molecule has 4 rings (SSSR count). The number of nitro groups is 1. The van der Waals surface area contributed by atoms with Gasteiger partial charge in [-0.15, -0.1) is 0 Å². The molecule has 2 aromatic carbocycles. The second kappa shape index (κ2) is 9.08. The van der Waals surface area contributed by atoms with Gasteiger partial charge in [-0.3, -0.25) is 29.9 Å². The predicted octanol–water partition coefficient (Wildman–Crippen LogP) is 4.66. The number of non-ortho nitro benzene ring substituents is 1. The molecule has 0 radical (unpaired) electrons. The van der Waals surface area contributed by atoms with E-state index in [0.29, 0.717) is 22.0 Å². The lowest BCUT2D eigenvalue weighted by molar-refractivity contribution is -0.384. The highest BCUT2D eigenvalue weighted by molar-refractivity contribution is 7.80. The van der Waals surface area contributed by atoms with Crippen molar-refractivity contribution in [2.75, 3.05) is 12.0 Å². The zero-order chi connectivity index (χ0) is 24.6. The smallest absolute Gasteiger partial charge is 0.273 e. The molecule has 1 aliphatic rings. The molecule has 1 aromatic heterocycles. The highest BCUT2D eigenvalue weighted by atomic mass is 35.5. The lowest BCUT2D eigenvalue weighted by Crippen LogP contribution is -2.54. The van der Waals surface area contributed by atoms with Gasteiger partial charge in [-0.25, -0.2) is 0 Å². The Morgan fingerprint density at radius 2 is 1.94 bits per heavy atom. The van der Waals surface area contributed by atoms with Crippen molar-refractivity contribution in [2.45, 2.75) is 6.92 Å². The summed E-state index contributed by atoms with van der Waals surface area (Å²) in [5.74, 6) is -0.527. The van der Waals surface area contributed by atoms with Crippen molar-refractivity contribution in [3.63, 3.8) is 0 Å². The fourth-order valence-electron chi connectivity index (χ4n) is 3.33. The van der Waals surface area contributed by atoms with Crippen LogP contribution in [0.1, 0.15) is 11.3 Å². The van der Waals surface area contributed by atoms with E-state index in [1.54, 1.807) is 30.3 Å². The van der Waals surface area contributed by atoms with E-state index in [-0.39, 0.29) is 27.9 Å². The van der Waals surface area contributed by atoms with Crippen LogP contribution in [-0.2, 0) is 9.59 Å².